The first kappa shape index (κ1) is 18.1. The number of hydrogen-bond donors (Lipinski definition) is 0. The van der Waals surface area contributed by atoms with Crippen molar-refractivity contribution in [3.63, 3.8) is 0 Å². The smallest absolute Gasteiger partial charge is 0.237 e. The number of carbonyl (C=O) groups is 1. The second-order valence-corrected chi connectivity index (χ2v) is 9.93. The number of hydrogen-bond acceptors (Lipinski definition) is 5. The number of carbonyl (C=O) groups excluding carboxylic acids is 1. The van der Waals surface area contributed by atoms with Gasteiger partial charge in [0.2, 0.25) is 5.91 Å². The second-order valence-electron chi connectivity index (χ2n) is 7.70. The van der Waals surface area contributed by atoms with Crippen LogP contribution in [0.15, 0.2) is 0 Å². The third-order valence-corrected chi connectivity index (χ3v) is 7.38. The Balaban J connectivity index is 1.62. The topological polar surface area (TPSA) is 66.9 Å². The quantitative estimate of drug-likeness (QED) is 0.731. The third-order valence-electron chi connectivity index (χ3n) is 5.63. The maximum Gasteiger partial charge on any atom is 0.237 e. The Kier molecular flexibility index (Phi) is 5.82. The SMILES string of the molecule is CC1CCN(CC(=O)N(C[C@@H]2CCCO2)[C@@H]2CCS(=O)(=O)C2)CC1. The number of sulfone groups is 1. The van der Waals surface area contributed by atoms with Gasteiger partial charge in [-0.3, -0.25) is 9.69 Å². The van der Waals surface area contributed by atoms with Crippen LogP contribution in [0.5, 0.6) is 0 Å². The average Bonchev–Trinajstić information content (AvgIpc) is 3.16. The van der Waals surface area contributed by atoms with Crippen molar-refractivity contribution in [2.75, 3.05) is 44.3 Å². The highest BCUT2D eigenvalue weighted by atomic mass is 32.2. The highest BCUT2D eigenvalue weighted by molar-refractivity contribution is 7.91. The fourth-order valence-electron chi connectivity index (χ4n) is 3.99. The van der Waals surface area contributed by atoms with Crippen molar-refractivity contribution >= 4 is 15.7 Å². The zero-order chi connectivity index (χ0) is 17.2. The summed E-state index contributed by atoms with van der Waals surface area (Å²) >= 11 is 0. The van der Waals surface area contributed by atoms with E-state index in [1.54, 1.807) is 0 Å². The summed E-state index contributed by atoms with van der Waals surface area (Å²) in [5.41, 5.74) is 0. The number of likely N-dealkylation sites (tertiary alicyclic amines) is 1. The number of amides is 1. The molecule has 6 nitrogen and oxygen atoms in total. The van der Waals surface area contributed by atoms with Crippen LogP contribution in [0.3, 0.4) is 0 Å². The van der Waals surface area contributed by atoms with E-state index in [-0.39, 0.29) is 29.6 Å². The monoisotopic (exact) mass is 358 g/mol. The van der Waals surface area contributed by atoms with Gasteiger partial charge in [0, 0.05) is 19.2 Å². The molecule has 0 spiro atoms. The van der Waals surface area contributed by atoms with Crippen molar-refractivity contribution in [3.8, 4) is 0 Å². The summed E-state index contributed by atoms with van der Waals surface area (Å²) in [6.45, 7) is 5.89. The summed E-state index contributed by atoms with van der Waals surface area (Å²) < 4.78 is 29.4. The van der Waals surface area contributed by atoms with E-state index < -0.39 is 9.84 Å². The van der Waals surface area contributed by atoms with Crippen LogP contribution in [0.2, 0.25) is 0 Å². The predicted octanol–water partition coefficient (Wildman–Crippen LogP) is 0.913. The lowest BCUT2D eigenvalue weighted by Crippen LogP contribution is -2.50. The van der Waals surface area contributed by atoms with Gasteiger partial charge in [-0.1, -0.05) is 6.92 Å². The van der Waals surface area contributed by atoms with Gasteiger partial charge in [-0.25, -0.2) is 8.42 Å². The molecular formula is C17H30N2O4S. The van der Waals surface area contributed by atoms with Crippen LogP contribution in [-0.2, 0) is 19.4 Å². The van der Waals surface area contributed by atoms with Gasteiger partial charge in [0.15, 0.2) is 9.84 Å². The van der Waals surface area contributed by atoms with E-state index in [0.29, 0.717) is 19.5 Å². The van der Waals surface area contributed by atoms with Gasteiger partial charge in [0.1, 0.15) is 0 Å². The van der Waals surface area contributed by atoms with Gasteiger partial charge in [-0.05, 0) is 51.1 Å². The van der Waals surface area contributed by atoms with Gasteiger partial charge in [0.05, 0.1) is 24.2 Å². The molecule has 3 rings (SSSR count). The molecule has 2 atom stereocenters. The molecule has 3 aliphatic rings. The van der Waals surface area contributed by atoms with Crippen molar-refractivity contribution in [1.82, 2.24) is 9.80 Å². The van der Waals surface area contributed by atoms with Crippen molar-refractivity contribution in [2.24, 2.45) is 5.92 Å². The Morgan fingerprint density at radius 1 is 1.21 bits per heavy atom. The molecule has 3 heterocycles. The molecular weight excluding hydrogens is 328 g/mol. The van der Waals surface area contributed by atoms with Crippen LogP contribution in [-0.4, -0.2) is 80.6 Å². The minimum atomic E-state index is -3.00. The second kappa shape index (κ2) is 7.70. The van der Waals surface area contributed by atoms with Crippen LogP contribution in [0.25, 0.3) is 0 Å². The van der Waals surface area contributed by atoms with Crippen molar-refractivity contribution in [3.05, 3.63) is 0 Å². The molecule has 0 aromatic heterocycles. The Morgan fingerprint density at radius 2 is 1.96 bits per heavy atom. The summed E-state index contributed by atoms with van der Waals surface area (Å²) in [6.07, 6.45) is 4.90. The summed E-state index contributed by atoms with van der Waals surface area (Å²) in [4.78, 5) is 16.9. The zero-order valence-corrected chi connectivity index (χ0v) is 15.5. The molecule has 0 aromatic rings. The van der Waals surface area contributed by atoms with Crippen LogP contribution in [0.1, 0.15) is 39.0 Å². The molecule has 7 heteroatoms. The van der Waals surface area contributed by atoms with Gasteiger partial charge in [-0.2, -0.15) is 0 Å². The first-order valence-electron chi connectivity index (χ1n) is 9.27. The first-order valence-corrected chi connectivity index (χ1v) is 11.1. The third kappa shape index (κ3) is 4.70. The highest BCUT2D eigenvalue weighted by Gasteiger charge is 2.36. The molecule has 0 N–H and O–H groups in total. The Hall–Kier alpha value is -0.660. The lowest BCUT2D eigenvalue weighted by Gasteiger charge is -2.35. The molecule has 3 fully saturated rings. The highest BCUT2D eigenvalue weighted by Crippen LogP contribution is 2.22. The molecule has 1 amide bonds. The van der Waals surface area contributed by atoms with Gasteiger partial charge in [0.25, 0.3) is 0 Å². The Labute approximate surface area is 145 Å². The number of piperidine rings is 1. The summed E-state index contributed by atoms with van der Waals surface area (Å²) in [5, 5.41) is 0. The Morgan fingerprint density at radius 3 is 2.54 bits per heavy atom. The standard InChI is InChI=1S/C17H30N2O4S/c1-14-4-7-18(8-5-14)12-17(20)19(11-16-3-2-9-23-16)15-6-10-24(21,22)13-15/h14-16H,2-13H2,1H3/t15-,16+/m1/s1. The van der Waals surface area contributed by atoms with Crippen LogP contribution < -0.4 is 0 Å². The van der Waals surface area contributed by atoms with Crippen molar-refractivity contribution in [2.45, 2.75) is 51.2 Å². The van der Waals surface area contributed by atoms with E-state index in [4.69, 9.17) is 4.74 Å². The summed E-state index contributed by atoms with van der Waals surface area (Å²) in [5.74, 6) is 1.12. The zero-order valence-electron chi connectivity index (χ0n) is 14.7. The van der Waals surface area contributed by atoms with E-state index in [9.17, 15) is 13.2 Å². The van der Waals surface area contributed by atoms with Gasteiger partial charge >= 0.3 is 0 Å². The van der Waals surface area contributed by atoms with E-state index in [1.807, 2.05) is 4.90 Å². The minimum Gasteiger partial charge on any atom is -0.376 e. The normalized spacial score (nSPS) is 31.4. The Bertz CT molecular complexity index is 537. The first-order chi connectivity index (χ1) is 11.4. The molecule has 0 aromatic carbocycles. The van der Waals surface area contributed by atoms with E-state index in [0.717, 1.165) is 51.3 Å². The number of nitrogens with zero attached hydrogens (tertiary/aromatic N) is 2. The molecule has 24 heavy (non-hydrogen) atoms. The van der Waals surface area contributed by atoms with Gasteiger partial charge in [-0.15, -0.1) is 0 Å². The van der Waals surface area contributed by atoms with Gasteiger partial charge < -0.3 is 9.64 Å². The molecule has 3 aliphatic heterocycles. The molecule has 0 saturated carbocycles. The predicted molar refractivity (Wildman–Crippen MR) is 92.6 cm³/mol. The fourth-order valence-corrected chi connectivity index (χ4v) is 5.72. The van der Waals surface area contributed by atoms with E-state index in [2.05, 4.69) is 11.8 Å². The average molecular weight is 359 g/mol. The molecule has 0 radical (unpaired) electrons. The maximum absolute atomic E-state index is 12.9. The number of ether oxygens (including phenoxy) is 1. The van der Waals surface area contributed by atoms with Crippen molar-refractivity contribution in [1.29, 1.82) is 0 Å². The van der Waals surface area contributed by atoms with E-state index >= 15 is 0 Å². The summed E-state index contributed by atoms with van der Waals surface area (Å²) in [6, 6.07) is -0.171. The van der Waals surface area contributed by atoms with Crippen LogP contribution in [0, 0.1) is 5.92 Å². The lowest BCUT2D eigenvalue weighted by molar-refractivity contribution is -0.136. The van der Waals surface area contributed by atoms with E-state index in [1.165, 1.54) is 0 Å². The molecule has 0 bridgehead atoms. The summed E-state index contributed by atoms with van der Waals surface area (Å²) in [7, 11) is -3.00. The number of rotatable bonds is 5. The van der Waals surface area contributed by atoms with Crippen LogP contribution >= 0.6 is 0 Å². The lowest BCUT2D eigenvalue weighted by atomic mass is 9.99. The molecule has 3 saturated heterocycles. The van der Waals surface area contributed by atoms with Crippen LogP contribution in [0.4, 0.5) is 0 Å². The molecule has 138 valence electrons. The fraction of sp³-hybridized carbons (Fsp3) is 0.941. The molecule has 0 unspecified atom stereocenters. The van der Waals surface area contributed by atoms with Crippen molar-refractivity contribution < 1.29 is 17.9 Å². The minimum absolute atomic E-state index is 0.0682. The molecule has 0 aliphatic carbocycles. The largest absolute Gasteiger partial charge is 0.376 e. The maximum atomic E-state index is 12.9.